The van der Waals surface area contributed by atoms with Crippen molar-refractivity contribution >= 4 is 37.9 Å². The SMILES string of the molecule is CCOC(=O)CC(NCCC[Si](O/N=C(/C)CC)(O/N=C(\C)CC)O/N=C(\C)CC)C(=O)OCC. The largest absolute Gasteiger partial charge is 0.762 e. The van der Waals surface area contributed by atoms with Crippen LogP contribution in [0, 0.1) is 0 Å². The summed E-state index contributed by atoms with van der Waals surface area (Å²) >= 11 is 0. The minimum absolute atomic E-state index is 0.126. The lowest BCUT2D eigenvalue weighted by atomic mass is 10.2. The highest BCUT2D eigenvalue weighted by Gasteiger charge is 2.51. The summed E-state index contributed by atoms with van der Waals surface area (Å²) in [7, 11) is -3.50. The Balaban J connectivity index is 5.59. The smallest absolute Gasteiger partial charge is 0.466 e. The van der Waals surface area contributed by atoms with Gasteiger partial charge in [-0.2, -0.15) is 0 Å². The van der Waals surface area contributed by atoms with E-state index in [0.29, 0.717) is 38.3 Å². The highest BCUT2D eigenvalue weighted by Crippen LogP contribution is 2.21. The van der Waals surface area contributed by atoms with E-state index in [1.807, 2.05) is 41.5 Å². The predicted molar refractivity (Wildman–Crippen MR) is 138 cm³/mol. The molecule has 0 aliphatic rings. The molecule has 0 aliphatic carbocycles. The van der Waals surface area contributed by atoms with Gasteiger partial charge in [-0.3, -0.25) is 9.59 Å². The highest BCUT2D eigenvalue weighted by atomic mass is 28.4. The maximum atomic E-state index is 12.3. The average molecular weight is 517 g/mol. The van der Waals surface area contributed by atoms with Crippen LogP contribution in [0.1, 0.15) is 87.5 Å². The van der Waals surface area contributed by atoms with E-state index in [0.717, 1.165) is 17.1 Å². The summed E-state index contributed by atoms with van der Waals surface area (Å²) in [5.41, 5.74) is 2.32. The summed E-state index contributed by atoms with van der Waals surface area (Å²) < 4.78 is 27.6. The quantitative estimate of drug-likeness (QED) is 0.0889. The van der Waals surface area contributed by atoms with Gasteiger partial charge < -0.3 is 28.4 Å². The molecule has 0 saturated carbocycles. The number of oxime groups is 3. The Labute approximate surface area is 211 Å². The Hall–Kier alpha value is -2.47. The fourth-order valence-corrected chi connectivity index (χ4v) is 4.14. The molecule has 0 saturated heterocycles. The Morgan fingerprint density at radius 3 is 1.63 bits per heavy atom. The molecule has 0 bridgehead atoms. The molecule has 0 heterocycles. The van der Waals surface area contributed by atoms with E-state index in [4.69, 9.17) is 23.1 Å². The van der Waals surface area contributed by atoms with Crippen molar-refractivity contribution in [1.29, 1.82) is 0 Å². The minimum Gasteiger partial charge on any atom is -0.466 e. The number of carbonyl (C=O) groups is 2. The van der Waals surface area contributed by atoms with Gasteiger partial charge >= 0.3 is 20.7 Å². The molecule has 1 N–H and O–H groups in total. The lowest BCUT2D eigenvalue weighted by Gasteiger charge is -2.23. The Bertz CT molecular complexity index is 674. The summed E-state index contributed by atoms with van der Waals surface area (Å²) in [6.45, 7) is 15.7. The molecule has 0 aromatic rings. The summed E-state index contributed by atoms with van der Waals surface area (Å²) in [5.74, 6) is -0.989. The fraction of sp³-hybridized carbons (Fsp3) is 0.783. The fourth-order valence-electron chi connectivity index (χ4n) is 2.27. The molecule has 0 aromatic heterocycles. The second-order valence-corrected chi connectivity index (χ2v) is 10.3. The zero-order valence-corrected chi connectivity index (χ0v) is 23.6. The lowest BCUT2D eigenvalue weighted by Crippen LogP contribution is -2.44. The van der Waals surface area contributed by atoms with E-state index < -0.39 is 26.8 Å². The van der Waals surface area contributed by atoms with Gasteiger partial charge in [0.1, 0.15) is 6.04 Å². The molecule has 35 heavy (non-hydrogen) atoms. The van der Waals surface area contributed by atoms with Gasteiger partial charge in [0, 0.05) is 0 Å². The molecule has 0 radical (unpaired) electrons. The maximum Gasteiger partial charge on any atom is 0.762 e. The van der Waals surface area contributed by atoms with Crippen LogP contribution in [0.2, 0.25) is 6.04 Å². The number of rotatable bonds is 19. The van der Waals surface area contributed by atoms with Crippen molar-refractivity contribution in [2.45, 2.75) is 99.6 Å². The van der Waals surface area contributed by atoms with Crippen molar-refractivity contribution in [3.63, 3.8) is 0 Å². The zero-order valence-electron chi connectivity index (χ0n) is 22.6. The standard InChI is InChI=1S/C23H44N4O7Si/c1-9-18(6)25-32-35(33-26-19(7)10-2,34-27-20(8)11-3)16-14-15-24-21(23(29)31-13-5)17-22(28)30-12-4/h21,24H,9-17H2,1-8H3/b25-18-,26-19+,27-20+. The number of carbonyl (C=O) groups excluding carboxylic acids is 2. The Morgan fingerprint density at radius 1 is 0.771 bits per heavy atom. The number of esters is 2. The molecular formula is C23H44N4O7Si. The van der Waals surface area contributed by atoms with Crippen molar-refractivity contribution in [2.24, 2.45) is 15.5 Å². The van der Waals surface area contributed by atoms with Gasteiger partial charge in [0.2, 0.25) is 0 Å². The molecule has 0 spiro atoms. The molecule has 0 fully saturated rings. The number of nitrogens with zero attached hydrogens (tertiary/aromatic N) is 3. The first kappa shape index (κ1) is 32.5. The second kappa shape index (κ2) is 18.8. The van der Waals surface area contributed by atoms with E-state index >= 15 is 0 Å². The van der Waals surface area contributed by atoms with Gasteiger partial charge in [-0.25, -0.2) is 0 Å². The molecule has 0 aromatic carbocycles. The molecule has 0 rings (SSSR count). The molecule has 202 valence electrons. The third kappa shape index (κ3) is 14.5. The first-order chi connectivity index (χ1) is 16.7. The lowest BCUT2D eigenvalue weighted by molar-refractivity contribution is -0.152. The van der Waals surface area contributed by atoms with Crippen LogP contribution in [0.15, 0.2) is 15.5 Å². The van der Waals surface area contributed by atoms with Gasteiger partial charge in [0.15, 0.2) is 0 Å². The van der Waals surface area contributed by atoms with E-state index in [1.165, 1.54) is 0 Å². The topological polar surface area (TPSA) is 129 Å². The molecule has 0 amide bonds. The third-order valence-electron chi connectivity index (χ3n) is 4.85. The maximum absolute atomic E-state index is 12.3. The van der Waals surface area contributed by atoms with E-state index in [9.17, 15) is 9.59 Å². The minimum atomic E-state index is -3.50. The summed E-state index contributed by atoms with van der Waals surface area (Å²) in [6.07, 6.45) is 2.46. The van der Waals surface area contributed by atoms with Crippen LogP contribution < -0.4 is 5.32 Å². The monoisotopic (exact) mass is 516 g/mol. The molecular weight excluding hydrogens is 472 g/mol. The van der Waals surface area contributed by atoms with Crippen LogP contribution in [0.25, 0.3) is 0 Å². The first-order valence-electron chi connectivity index (χ1n) is 12.4. The molecule has 1 unspecified atom stereocenters. The van der Waals surface area contributed by atoms with Gasteiger partial charge in [-0.05, 0) is 66.8 Å². The van der Waals surface area contributed by atoms with Crippen LogP contribution in [0.3, 0.4) is 0 Å². The number of hydrogen-bond acceptors (Lipinski definition) is 11. The molecule has 12 heteroatoms. The molecule has 11 nitrogen and oxygen atoms in total. The van der Waals surface area contributed by atoms with Crippen molar-refractivity contribution in [3.8, 4) is 0 Å². The summed E-state index contributed by atoms with van der Waals surface area (Å²) in [4.78, 5) is 24.2. The van der Waals surface area contributed by atoms with Crippen LogP contribution in [0.4, 0.5) is 0 Å². The average Bonchev–Trinajstić information content (AvgIpc) is 2.85. The van der Waals surface area contributed by atoms with E-state index in [-0.39, 0.29) is 19.6 Å². The van der Waals surface area contributed by atoms with Crippen molar-refractivity contribution in [2.75, 3.05) is 19.8 Å². The number of ether oxygens (including phenoxy) is 2. The Morgan fingerprint density at radius 2 is 1.23 bits per heavy atom. The summed E-state index contributed by atoms with van der Waals surface area (Å²) in [5, 5.41) is 15.6. The van der Waals surface area contributed by atoms with Crippen molar-refractivity contribution < 1.29 is 32.6 Å². The predicted octanol–water partition coefficient (Wildman–Crippen LogP) is 4.20. The van der Waals surface area contributed by atoms with Crippen molar-refractivity contribution in [1.82, 2.24) is 5.32 Å². The van der Waals surface area contributed by atoms with Crippen LogP contribution in [-0.2, 0) is 32.6 Å². The Kier molecular flexibility index (Phi) is 17.5. The molecule has 0 aliphatic heterocycles. The zero-order chi connectivity index (χ0) is 26.7. The van der Waals surface area contributed by atoms with E-state index in [2.05, 4.69) is 20.8 Å². The van der Waals surface area contributed by atoms with Gasteiger partial charge in [-0.15, -0.1) is 15.5 Å². The second-order valence-electron chi connectivity index (χ2n) is 7.87. The molecule has 1 atom stereocenters. The summed E-state index contributed by atoms with van der Waals surface area (Å²) in [6, 6.07) is -0.509. The van der Waals surface area contributed by atoms with Crippen LogP contribution in [-0.4, -0.2) is 63.7 Å². The number of nitrogens with one attached hydrogen (secondary N) is 1. The number of hydrogen-bond donors (Lipinski definition) is 1. The van der Waals surface area contributed by atoms with Gasteiger partial charge in [0.25, 0.3) is 0 Å². The third-order valence-corrected chi connectivity index (χ3v) is 6.93. The van der Waals surface area contributed by atoms with Gasteiger partial charge in [-0.1, -0.05) is 20.8 Å². The van der Waals surface area contributed by atoms with Crippen LogP contribution >= 0.6 is 0 Å². The first-order valence-corrected chi connectivity index (χ1v) is 14.3. The van der Waals surface area contributed by atoms with Gasteiger partial charge in [0.05, 0.1) is 42.8 Å². The van der Waals surface area contributed by atoms with Crippen molar-refractivity contribution in [3.05, 3.63) is 0 Å². The normalized spacial score (nSPS) is 13.8. The highest BCUT2D eigenvalue weighted by molar-refractivity contribution is 6.60. The van der Waals surface area contributed by atoms with E-state index in [1.54, 1.807) is 13.8 Å². The van der Waals surface area contributed by atoms with Crippen LogP contribution in [0.5, 0.6) is 0 Å².